The number of hydrogen-bond donors (Lipinski definition) is 1. The molecule has 0 unspecified atom stereocenters. The van der Waals surface area contributed by atoms with Crippen LogP contribution < -0.4 is 5.32 Å². The van der Waals surface area contributed by atoms with Crippen LogP contribution in [0.4, 0.5) is 0 Å². The zero-order valence-corrected chi connectivity index (χ0v) is 14.7. The summed E-state index contributed by atoms with van der Waals surface area (Å²) in [5.74, 6) is 0.0649. The molecule has 0 aromatic heterocycles. The molecule has 1 rings (SSSR count). The summed E-state index contributed by atoms with van der Waals surface area (Å²) in [6.07, 6.45) is 0.617. The average molecular weight is 345 g/mol. The van der Waals surface area contributed by atoms with Crippen molar-refractivity contribution in [1.82, 2.24) is 10.2 Å². The second kappa shape index (κ2) is 9.01. The van der Waals surface area contributed by atoms with Crippen molar-refractivity contribution < 1.29 is 9.59 Å². The molecule has 0 aliphatic carbocycles. The zero-order valence-electron chi connectivity index (χ0n) is 13.2. The van der Waals surface area contributed by atoms with E-state index in [1.54, 1.807) is 17.0 Å². The van der Waals surface area contributed by atoms with Gasteiger partial charge in [0, 0.05) is 30.1 Å². The molecule has 1 N–H and O–H groups in total. The number of benzene rings is 1. The van der Waals surface area contributed by atoms with E-state index in [0.29, 0.717) is 35.5 Å². The molecule has 4 nitrogen and oxygen atoms in total. The van der Waals surface area contributed by atoms with Crippen LogP contribution in [0.15, 0.2) is 18.2 Å². The van der Waals surface area contributed by atoms with E-state index >= 15 is 0 Å². The van der Waals surface area contributed by atoms with Crippen LogP contribution >= 0.6 is 23.2 Å². The minimum atomic E-state index is -0.166. The molecular formula is C16H22Cl2N2O2. The van der Waals surface area contributed by atoms with Crippen LogP contribution in [0.2, 0.25) is 10.0 Å². The molecular weight excluding hydrogens is 323 g/mol. The highest BCUT2D eigenvalue weighted by Gasteiger charge is 2.14. The number of nitrogens with zero attached hydrogens (tertiary/aromatic N) is 1. The van der Waals surface area contributed by atoms with E-state index in [1.807, 2.05) is 19.9 Å². The normalized spacial score (nSPS) is 10.6. The molecule has 0 spiro atoms. The van der Waals surface area contributed by atoms with Crippen LogP contribution in [0.5, 0.6) is 0 Å². The Hall–Kier alpha value is -1.26. The van der Waals surface area contributed by atoms with Gasteiger partial charge < -0.3 is 10.2 Å². The smallest absolute Gasteiger partial charge is 0.239 e. The molecule has 0 atom stereocenters. The second-order valence-electron chi connectivity index (χ2n) is 5.63. The molecule has 2 amide bonds. The molecule has 0 fully saturated rings. The lowest BCUT2D eigenvalue weighted by molar-refractivity contribution is -0.134. The third kappa shape index (κ3) is 6.67. The van der Waals surface area contributed by atoms with Gasteiger partial charge in [0.25, 0.3) is 0 Å². The first kappa shape index (κ1) is 18.8. The maximum atomic E-state index is 11.9. The number of hydrogen-bond acceptors (Lipinski definition) is 2. The third-order valence-corrected chi connectivity index (χ3v) is 3.68. The lowest BCUT2D eigenvalue weighted by atomic mass is 10.1. The molecule has 22 heavy (non-hydrogen) atoms. The molecule has 0 saturated carbocycles. The van der Waals surface area contributed by atoms with Gasteiger partial charge in [-0.2, -0.15) is 0 Å². The Bertz CT molecular complexity index is 533. The topological polar surface area (TPSA) is 49.4 Å². The lowest BCUT2D eigenvalue weighted by Crippen LogP contribution is -2.41. The van der Waals surface area contributed by atoms with E-state index < -0.39 is 0 Å². The summed E-state index contributed by atoms with van der Waals surface area (Å²) in [6.45, 7) is 6.62. The van der Waals surface area contributed by atoms with E-state index in [2.05, 4.69) is 5.32 Å². The van der Waals surface area contributed by atoms with Gasteiger partial charge >= 0.3 is 0 Å². The molecule has 0 saturated heterocycles. The Balaban J connectivity index is 2.43. The lowest BCUT2D eigenvalue weighted by Gasteiger charge is -2.22. The van der Waals surface area contributed by atoms with E-state index in [-0.39, 0.29) is 18.4 Å². The van der Waals surface area contributed by atoms with Crippen molar-refractivity contribution in [3.05, 3.63) is 33.8 Å². The van der Waals surface area contributed by atoms with Crippen LogP contribution in [-0.4, -0.2) is 36.3 Å². The van der Waals surface area contributed by atoms with Crippen molar-refractivity contribution in [2.24, 2.45) is 5.92 Å². The van der Waals surface area contributed by atoms with E-state index in [1.165, 1.54) is 6.92 Å². The molecule has 0 bridgehead atoms. The van der Waals surface area contributed by atoms with Crippen molar-refractivity contribution in [3.8, 4) is 0 Å². The summed E-state index contributed by atoms with van der Waals surface area (Å²) < 4.78 is 0. The van der Waals surface area contributed by atoms with Crippen LogP contribution in [0, 0.1) is 5.92 Å². The van der Waals surface area contributed by atoms with Gasteiger partial charge in [-0.05, 0) is 30.0 Å². The summed E-state index contributed by atoms with van der Waals surface area (Å²) >= 11 is 11.9. The molecule has 0 heterocycles. The summed E-state index contributed by atoms with van der Waals surface area (Å²) in [5, 5.41) is 3.98. The van der Waals surface area contributed by atoms with Gasteiger partial charge in [0.1, 0.15) is 0 Å². The summed E-state index contributed by atoms with van der Waals surface area (Å²) in [6, 6.07) is 5.29. The minimum Gasteiger partial charge on any atom is -0.354 e. The van der Waals surface area contributed by atoms with Gasteiger partial charge in [0.15, 0.2) is 0 Å². The fourth-order valence-corrected chi connectivity index (χ4v) is 2.54. The van der Waals surface area contributed by atoms with Crippen LogP contribution in [0.1, 0.15) is 26.3 Å². The second-order valence-corrected chi connectivity index (χ2v) is 6.47. The first-order valence-corrected chi connectivity index (χ1v) is 8.01. The Morgan fingerprint density at radius 2 is 1.95 bits per heavy atom. The largest absolute Gasteiger partial charge is 0.354 e. The Morgan fingerprint density at radius 1 is 1.27 bits per heavy atom. The number of nitrogens with one attached hydrogen (secondary N) is 1. The number of amides is 2. The molecule has 0 aliphatic rings. The zero-order chi connectivity index (χ0) is 16.7. The number of carbonyl (C=O) groups is 2. The van der Waals surface area contributed by atoms with Crippen molar-refractivity contribution in [2.75, 3.05) is 19.6 Å². The maximum absolute atomic E-state index is 11.9. The SMILES string of the molecule is CC(=O)N(CC(=O)NCCc1ccc(Cl)cc1Cl)CC(C)C. The molecule has 0 aliphatic heterocycles. The quantitative estimate of drug-likeness (QED) is 0.825. The van der Waals surface area contributed by atoms with Gasteiger partial charge in [0.2, 0.25) is 11.8 Å². The maximum Gasteiger partial charge on any atom is 0.239 e. The van der Waals surface area contributed by atoms with E-state index in [9.17, 15) is 9.59 Å². The van der Waals surface area contributed by atoms with Crippen molar-refractivity contribution >= 4 is 35.0 Å². The third-order valence-electron chi connectivity index (χ3n) is 3.10. The Labute approximate surface area is 141 Å². The first-order valence-electron chi connectivity index (χ1n) is 7.25. The number of carbonyl (C=O) groups excluding carboxylic acids is 2. The summed E-state index contributed by atoms with van der Waals surface area (Å²) in [7, 11) is 0. The van der Waals surface area contributed by atoms with Gasteiger partial charge in [0.05, 0.1) is 6.54 Å². The van der Waals surface area contributed by atoms with Crippen LogP contribution in [-0.2, 0) is 16.0 Å². The molecule has 1 aromatic carbocycles. The summed E-state index contributed by atoms with van der Waals surface area (Å²) in [4.78, 5) is 25.0. The highest BCUT2D eigenvalue weighted by molar-refractivity contribution is 6.35. The van der Waals surface area contributed by atoms with Crippen molar-refractivity contribution in [1.29, 1.82) is 0 Å². The predicted molar refractivity (Wildman–Crippen MR) is 90.3 cm³/mol. The molecule has 0 radical (unpaired) electrons. The fraction of sp³-hybridized carbons (Fsp3) is 0.500. The van der Waals surface area contributed by atoms with E-state index in [0.717, 1.165) is 5.56 Å². The van der Waals surface area contributed by atoms with Gasteiger partial charge in [-0.25, -0.2) is 0 Å². The van der Waals surface area contributed by atoms with E-state index in [4.69, 9.17) is 23.2 Å². The van der Waals surface area contributed by atoms with Gasteiger partial charge in [-0.15, -0.1) is 0 Å². The van der Waals surface area contributed by atoms with Crippen molar-refractivity contribution in [2.45, 2.75) is 27.2 Å². The standard InChI is InChI=1S/C16H22Cl2N2O2/c1-11(2)9-20(12(3)21)10-16(22)19-7-6-13-4-5-14(17)8-15(13)18/h4-5,8,11H,6-7,9-10H2,1-3H3,(H,19,22). The Morgan fingerprint density at radius 3 is 2.50 bits per heavy atom. The number of halogens is 2. The highest BCUT2D eigenvalue weighted by Crippen LogP contribution is 2.20. The predicted octanol–water partition coefficient (Wildman–Crippen LogP) is 3.16. The van der Waals surface area contributed by atoms with Crippen LogP contribution in [0.3, 0.4) is 0 Å². The molecule has 122 valence electrons. The molecule has 1 aromatic rings. The fourth-order valence-electron chi connectivity index (χ4n) is 2.04. The van der Waals surface area contributed by atoms with Crippen LogP contribution in [0.25, 0.3) is 0 Å². The van der Waals surface area contributed by atoms with Gasteiger partial charge in [-0.3, -0.25) is 9.59 Å². The van der Waals surface area contributed by atoms with Gasteiger partial charge in [-0.1, -0.05) is 43.1 Å². The Kier molecular flexibility index (Phi) is 7.69. The monoisotopic (exact) mass is 344 g/mol. The molecule has 6 heteroatoms. The average Bonchev–Trinajstić information content (AvgIpc) is 2.40. The summed E-state index contributed by atoms with van der Waals surface area (Å²) in [5.41, 5.74) is 0.928. The van der Waals surface area contributed by atoms with Crippen molar-refractivity contribution in [3.63, 3.8) is 0 Å². The highest BCUT2D eigenvalue weighted by atomic mass is 35.5. The number of rotatable bonds is 7. The first-order chi connectivity index (χ1) is 10.3. The minimum absolute atomic E-state index is 0.0852.